The predicted octanol–water partition coefficient (Wildman–Crippen LogP) is 2.96. The molecule has 1 saturated carbocycles. The Kier molecular flexibility index (Phi) is 3.02. The van der Waals surface area contributed by atoms with Crippen molar-refractivity contribution in [2.45, 2.75) is 31.1 Å². The minimum atomic E-state index is 0.172. The Morgan fingerprint density at radius 2 is 2.05 bits per heavy atom. The molecule has 1 aromatic heterocycles. The summed E-state index contributed by atoms with van der Waals surface area (Å²) in [7, 11) is 3.82. The number of hydrogen-bond acceptors (Lipinski definition) is 2. The summed E-state index contributed by atoms with van der Waals surface area (Å²) in [5, 5.41) is 1.30. The average Bonchev–Trinajstić information content (AvgIpc) is 3.04. The first-order valence-electron chi connectivity index (χ1n) is 7.04. The van der Waals surface area contributed by atoms with Crippen molar-refractivity contribution in [2.75, 3.05) is 13.7 Å². The van der Waals surface area contributed by atoms with Gasteiger partial charge in [0.1, 0.15) is 5.75 Å². The van der Waals surface area contributed by atoms with E-state index >= 15 is 0 Å². The van der Waals surface area contributed by atoms with Crippen LogP contribution in [0.5, 0.6) is 5.75 Å². The number of ether oxygens (including phenoxy) is 1. The van der Waals surface area contributed by atoms with Crippen LogP contribution in [0.1, 0.15) is 31.2 Å². The fourth-order valence-electron chi connectivity index (χ4n) is 3.65. The molecule has 1 aliphatic carbocycles. The number of aryl methyl sites for hydroxylation is 1. The van der Waals surface area contributed by atoms with Gasteiger partial charge in [-0.25, -0.2) is 0 Å². The molecular weight excluding hydrogens is 236 g/mol. The summed E-state index contributed by atoms with van der Waals surface area (Å²) in [4.78, 5) is 0. The number of fused-ring (bicyclic) bond motifs is 1. The van der Waals surface area contributed by atoms with Crippen molar-refractivity contribution in [3.63, 3.8) is 0 Å². The lowest BCUT2D eigenvalue weighted by Gasteiger charge is -2.27. The highest BCUT2D eigenvalue weighted by molar-refractivity contribution is 5.90. The Morgan fingerprint density at radius 1 is 1.32 bits per heavy atom. The number of nitrogens with two attached hydrogens (primary N) is 1. The third kappa shape index (κ3) is 1.76. The lowest BCUT2D eigenvalue weighted by molar-refractivity contribution is 0.418. The van der Waals surface area contributed by atoms with Gasteiger partial charge < -0.3 is 15.0 Å². The lowest BCUT2D eigenvalue weighted by atomic mass is 9.79. The van der Waals surface area contributed by atoms with Crippen LogP contribution in [-0.4, -0.2) is 18.2 Å². The van der Waals surface area contributed by atoms with Crippen LogP contribution >= 0.6 is 0 Å². The molecule has 2 N–H and O–H groups in total. The van der Waals surface area contributed by atoms with E-state index in [0.29, 0.717) is 0 Å². The highest BCUT2D eigenvalue weighted by Crippen LogP contribution is 2.44. The second-order valence-corrected chi connectivity index (χ2v) is 5.70. The van der Waals surface area contributed by atoms with E-state index in [1.807, 2.05) is 6.07 Å². The monoisotopic (exact) mass is 258 g/mol. The topological polar surface area (TPSA) is 40.2 Å². The van der Waals surface area contributed by atoms with Crippen LogP contribution in [0.25, 0.3) is 10.9 Å². The number of benzene rings is 1. The van der Waals surface area contributed by atoms with Gasteiger partial charge in [0.25, 0.3) is 0 Å². The Morgan fingerprint density at radius 3 is 2.68 bits per heavy atom. The molecule has 0 spiro atoms. The van der Waals surface area contributed by atoms with Crippen molar-refractivity contribution >= 4 is 10.9 Å². The molecule has 102 valence electrons. The van der Waals surface area contributed by atoms with Crippen molar-refractivity contribution < 1.29 is 4.74 Å². The van der Waals surface area contributed by atoms with Gasteiger partial charge in [-0.3, -0.25) is 0 Å². The van der Waals surface area contributed by atoms with E-state index in [4.69, 9.17) is 10.5 Å². The van der Waals surface area contributed by atoms with E-state index in [1.54, 1.807) is 7.11 Å². The number of nitrogens with zero attached hydrogens (tertiary/aromatic N) is 1. The molecule has 1 aromatic carbocycles. The zero-order valence-corrected chi connectivity index (χ0v) is 11.8. The molecule has 1 heterocycles. The van der Waals surface area contributed by atoms with Crippen LogP contribution in [0.4, 0.5) is 0 Å². The molecule has 0 unspecified atom stereocenters. The summed E-state index contributed by atoms with van der Waals surface area (Å²) in [6.45, 7) is 0.739. The van der Waals surface area contributed by atoms with Gasteiger partial charge in [-0.05, 0) is 24.5 Å². The summed E-state index contributed by atoms with van der Waals surface area (Å²) in [5.74, 6) is 0.941. The zero-order valence-electron chi connectivity index (χ0n) is 11.8. The van der Waals surface area contributed by atoms with Crippen LogP contribution in [0.15, 0.2) is 24.4 Å². The highest BCUT2D eigenvalue weighted by atomic mass is 16.5. The van der Waals surface area contributed by atoms with Gasteiger partial charge in [0.2, 0.25) is 0 Å². The SMILES string of the molecule is COc1cccc2c(C3(CN)CCCC3)cn(C)c12. The molecular formula is C16H22N2O. The first kappa shape index (κ1) is 12.5. The molecule has 19 heavy (non-hydrogen) atoms. The largest absolute Gasteiger partial charge is 0.495 e. The summed E-state index contributed by atoms with van der Waals surface area (Å²) in [5.41, 5.74) is 8.89. The Bertz CT molecular complexity index is 594. The molecule has 0 aliphatic heterocycles. The van der Waals surface area contributed by atoms with Crippen LogP contribution in [-0.2, 0) is 12.5 Å². The van der Waals surface area contributed by atoms with Gasteiger partial charge in [0.05, 0.1) is 12.6 Å². The van der Waals surface area contributed by atoms with Gasteiger partial charge in [0.15, 0.2) is 0 Å². The maximum Gasteiger partial charge on any atom is 0.143 e. The molecule has 1 fully saturated rings. The number of methoxy groups -OCH3 is 1. The summed E-state index contributed by atoms with van der Waals surface area (Å²) < 4.78 is 7.68. The molecule has 0 bridgehead atoms. The van der Waals surface area contributed by atoms with Gasteiger partial charge in [-0.15, -0.1) is 0 Å². The quantitative estimate of drug-likeness (QED) is 0.919. The number of aromatic nitrogens is 1. The van der Waals surface area contributed by atoms with E-state index in [9.17, 15) is 0 Å². The zero-order chi connectivity index (χ0) is 13.5. The van der Waals surface area contributed by atoms with Crippen molar-refractivity contribution in [2.24, 2.45) is 12.8 Å². The number of rotatable bonds is 3. The highest BCUT2D eigenvalue weighted by Gasteiger charge is 2.36. The molecule has 0 saturated heterocycles. The number of hydrogen-bond donors (Lipinski definition) is 1. The number of para-hydroxylation sites is 1. The smallest absolute Gasteiger partial charge is 0.143 e. The van der Waals surface area contributed by atoms with Crippen LogP contribution in [0.2, 0.25) is 0 Å². The Balaban J connectivity index is 2.25. The van der Waals surface area contributed by atoms with Crippen molar-refractivity contribution in [1.29, 1.82) is 0 Å². The van der Waals surface area contributed by atoms with Crippen LogP contribution in [0, 0.1) is 0 Å². The van der Waals surface area contributed by atoms with E-state index in [0.717, 1.165) is 12.3 Å². The van der Waals surface area contributed by atoms with E-state index < -0.39 is 0 Å². The third-order valence-electron chi connectivity index (χ3n) is 4.71. The second kappa shape index (κ2) is 4.57. The first-order valence-corrected chi connectivity index (χ1v) is 7.04. The van der Waals surface area contributed by atoms with E-state index in [2.05, 4.69) is 29.9 Å². The molecule has 3 nitrogen and oxygen atoms in total. The van der Waals surface area contributed by atoms with Gasteiger partial charge >= 0.3 is 0 Å². The summed E-state index contributed by atoms with van der Waals surface area (Å²) >= 11 is 0. The Hall–Kier alpha value is -1.48. The third-order valence-corrected chi connectivity index (χ3v) is 4.71. The van der Waals surface area contributed by atoms with Gasteiger partial charge in [-0.2, -0.15) is 0 Å². The minimum Gasteiger partial charge on any atom is -0.495 e. The first-order chi connectivity index (χ1) is 9.22. The van der Waals surface area contributed by atoms with Crippen molar-refractivity contribution in [1.82, 2.24) is 4.57 Å². The molecule has 0 amide bonds. The van der Waals surface area contributed by atoms with Crippen LogP contribution in [0.3, 0.4) is 0 Å². The molecule has 0 radical (unpaired) electrons. The van der Waals surface area contributed by atoms with E-state index in [-0.39, 0.29) is 5.41 Å². The van der Waals surface area contributed by atoms with Gasteiger partial charge in [-0.1, -0.05) is 25.0 Å². The normalized spacial score (nSPS) is 18.1. The van der Waals surface area contributed by atoms with Crippen LogP contribution < -0.4 is 10.5 Å². The van der Waals surface area contributed by atoms with E-state index in [1.165, 1.54) is 42.1 Å². The molecule has 1 aliphatic rings. The predicted molar refractivity (Wildman–Crippen MR) is 78.7 cm³/mol. The van der Waals surface area contributed by atoms with Crippen molar-refractivity contribution in [3.8, 4) is 5.75 Å². The standard InChI is InChI=1S/C16H22N2O/c1-18-10-13(16(11-17)8-3-4-9-16)12-6-5-7-14(19-2)15(12)18/h5-7,10H,3-4,8-9,11,17H2,1-2H3. The molecule has 3 heteroatoms. The fourth-order valence-corrected chi connectivity index (χ4v) is 3.65. The summed E-state index contributed by atoms with van der Waals surface area (Å²) in [6.07, 6.45) is 7.25. The minimum absolute atomic E-state index is 0.172. The fraction of sp³-hybridized carbons (Fsp3) is 0.500. The summed E-state index contributed by atoms with van der Waals surface area (Å²) in [6, 6.07) is 6.29. The second-order valence-electron chi connectivity index (χ2n) is 5.70. The molecule has 2 aromatic rings. The maximum atomic E-state index is 6.13. The maximum absolute atomic E-state index is 6.13. The Labute approximate surface area is 114 Å². The molecule has 3 rings (SSSR count). The molecule has 0 atom stereocenters. The lowest BCUT2D eigenvalue weighted by Crippen LogP contribution is -2.31. The van der Waals surface area contributed by atoms with Crippen molar-refractivity contribution in [3.05, 3.63) is 30.0 Å². The van der Waals surface area contributed by atoms with Gasteiger partial charge in [0, 0.05) is 30.6 Å². The average molecular weight is 258 g/mol.